The van der Waals surface area contributed by atoms with Crippen LogP contribution in [0.2, 0.25) is 0 Å². The van der Waals surface area contributed by atoms with E-state index in [9.17, 15) is 5.11 Å². The van der Waals surface area contributed by atoms with E-state index < -0.39 is 0 Å². The number of benzene rings is 1. The number of phenols is 1. The predicted molar refractivity (Wildman–Crippen MR) is 101 cm³/mol. The summed E-state index contributed by atoms with van der Waals surface area (Å²) >= 11 is 0. The van der Waals surface area contributed by atoms with Crippen LogP contribution < -0.4 is 4.90 Å². The molecule has 2 aromatic heterocycles. The smallest absolute Gasteiger partial charge is 0.151 e. The van der Waals surface area contributed by atoms with E-state index >= 15 is 0 Å². The van der Waals surface area contributed by atoms with Crippen LogP contribution in [0.15, 0.2) is 42.6 Å². The van der Waals surface area contributed by atoms with Crippen molar-refractivity contribution < 1.29 is 5.11 Å². The van der Waals surface area contributed by atoms with Gasteiger partial charge in [-0.25, -0.2) is 0 Å². The molecule has 6 heteroatoms. The maximum atomic E-state index is 10.4. The highest BCUT2D eigenvalue weighted by atomic mass is 16.3. The van der Waals surface area contributed by atoms with Crippen molar-refractivity contribution in [1.82, 2.24) is 20.1 Å². The maximum Gasteiger partial charge on any atom is 0.151 e. The second-order valence-electron chi connectivity index (χ2n) is 7.49. The summed E-state index contributed by atoms with van der Waals surface area (Å²) in [5.74, 6) is 2.57. The van der Waals surface area contributed by atoms with Gasteiger partial charge in [0.15, 0.2) is 5.82 Å². The fourth-order valence-electron chi connectivity index (χ4n) is 4.37. The first-order chi connectivity index (χ1) is 12.7. The Hall–Kier alpha value is -2.73. The first-order valence-electron chi connectivity index (χ1n) is 9.03. The van der Waals surface area contributed by atoms with E-state index in [1.54, 1.807) is 12.3 Å². The standard InChI is InChI=1S/C20H21N5O/c1-24-9-14-11-25(12-15(14)10-24)20-5-4-17(22-23-20)16-7-13-3-2-6-21-18(13)8-19(16)26/h2-8,14-15,26H,9-12H2,1H3/t14-,15-/m1/s1. The van der Waals surface area contributed by atoms with Gasteiger partial charge in [-0.3, -0.25) is 4.98 Å². The average Bonchev–Trinajstić information content (AvgIpc) is 3.19. The first kappa shape index (κ1) is 15.5. The number of anilines is 1. The van der Waals surface area contributed by atoms with Gasteiger partial charge in [0.2, 0.25) is 0 Å². The van der Waals surface area contributed by atoms with Crippen LogP contribution >= 0.6 is 0 Å². The summed E-state index contributed by atoms with van der Waals surface area (Å²) in [6, 6.07) is 11.4. The van der Waals surface area contributed by atoms with Gasteiger partial charge in [0, 0.05) is 49.4 Å². The Bertz CT molecular complexity index is 944. The molecule has 132 valence electrons. The van der Waals surface area contributed by atoms with E-state index in [2.05, 4.69) is 32.0 Å². The van der Waals surface area contributed by atoms with E-state index in [1.807, 2.05) is 30.3 Å². The van der Waals surface area contributed by atoms with Crippen LogP contribution in [-0.2, 0) is 0 Å². The van der Waals surface area contributed by atoms with Gasteiger partial charge in [0.05, 0.1) is 11.2 Å². The van der Waals surface area contributed by atoms with Gasteiger partial charge in [-0.1, -0.05) is 6.07 Å². The molecule has 2 saturated heterocycles. The van der Waals surface area contributed by atoms with Gasteiger partial charge in [-0.05, 0) is 43.1 Å². The van der Waals surface area contributed by atoms with Crippen molar-refractivity contribution in [3.8, 4) is 17.0 Å². The van der Waals surface area contributed by atoms with Crippen molar-refractivity contribution in [2.24, 2.45) is 11.8 Å². The van der Waals surface area contributed by atoms with Gasteiger partial charge in [-0.2, -0.15) is 0 Å². The summed E-state index contributed by atoms with van der Waals surface area (Å²) in [6.07, 6.45) is 1.72. The van der Waals surface area contributed by atoms with Crippen molar-refractivity contribution >= 4 is 16.7 Å². The van der Waals surface area contributed by atoms with Gasteiger partial charge >= 0.3 is 0 Å². The summed E-state index contributed by atoms with van der Waals surface area (Å²) in [6.45, 7) is 4.45. The zero-order valence-electron chi connectivity index (χ0n) is 14.7. The Balaban J connectivity index is 1.41. The van der Waals surface area contributed by atoms with Gasteiger partial charge in [0.1, 0.15) is 5.75 Å². The van der Waals surface area contributed by atoms with E-state index in [1.165, 1.54) is 13.1 Å². The Labute approximate surface area is 152 Å². The number of aromatic nitrogens is 3. The number of fused-ring (bicyclic) bond motifs is 2. The number of hydrogen-bond acceptors (Lipinski definition) is 6. The molecule has 3 aromatic rings. The predicted octanol–water partition coefficient (Wildman–Crippen LogP) is 2.40. The molecule has 5 rings (SSSR count). The highest BCUT2D eigenvalue weighted by Crippen LogP contribution is 2.34. The third kappa shape index (κ3) is 2.57. The zero-order valence-corrected chi connectivity index (χ0v) is 14.7. The second kappa shape index (κ2) is 5.92. The molecule has 0 amide bonds. The molecule has 26 heavy (non-hydrogen) atoms. The second-order valence-corrected chi connectivity index (χ2v) is 7.49. The number of pyridine rings is 1. The summed E-state index contributed by atoms with van der Waals surface area (Å²) in [4.78, 5) is 9.02. The Morgan fingerprint density at radius 3 is 2.54 bits per heavy atom. The van der Waals surface area contributed by atoms with E-state index in [-0.39, 0.29) is 5.75 Å². The maximum absolute atomic E-state index is 10.4. The molecule has 0 spiro atoms. The van der Waals surface area contributed by atoms with Gasteiger partial charge < -0.3 is 14.9 Å². The van der Waals surface area contributed by atoms with Crippen molar-refractivity contribution in [2.45, 2.75) is 0 Å². The van der Waals surface area contributed by atoms with Crippen molar-refractivity contribution in [3.05, 3.63) is 42.6 Å². The number of phenolic OH excluding ortho intramolecular Hbond substituents is 1. The molecule has 0 bridgehead atoms. The monoisotopic (exact) mass is 347 g/mol. The number of aromatic hydroxyl groups is 1. The Morgan fingerprint density at radius 1 is 1.00 bits per heavy atom. The molecule has 2 fully saturated rings. The lowest BCUT2D eigenvalue weighted by Gasteiger charge is -2.19. The van der Waals surface area contributed by atoms with Crippen LogP contribution in [0.5, 0.6) is 5.75 Å². The number of rotatable bonds is 2. The molecule has 0 saturated carbocycles. The minimum atomic E-state index is 0.178. The molecule has 0 aliphatic carbocycles. The molecule has 0 unspecified atom stereocenters. The topological polar surface area (TPSA) is 65.4 Å². The van der Waals surface area contributed by atoms with Crippen LogP contribution in [-0.4, -0.2) is 58.4 Å². The number of nitrogens with zero attached hydrogens (tertiary/aromatic N) is 5. The van der Waals surface area contributed by atoms with Crippen molar-refractivity contribution in [2.75, 3.05) is 38.1 Å². The van der Waals surface area contributed by atoms with Crippen LogP contribution in [0.1, 0.15) is 0 Å². The first-order valence-corrected chi connectivity index (χ1v) is 9.03. The fourth-order valence-corrected chi connectivity index (χ4v) is 4.37. The van der Waals surface area contributed by atoms with Crippen LogP contribution in [0.3, 0.4) is 0 Å². The lowest BCUT2D eigenvalue weighted by atomic mass is 10.0. The van der Waals surface area contributed by atoms with Gasteiger partial charge in [0.25, 0.3) is 0 Å². The molecule has 6 nitrogen and oxygen atoms in total. The molecule has 2 atom stereocenters. The number of likely N-dealkylation sites (tertiary alicyclic amines) is 1. The molecular weight excluding hydrogens is 326 g/mol. The SMILES string of the molecule is CN1C[C@@H]2CN(c3ccc(-c4cc5cccnc5cc4O)nn3)C[C@H]2C1. The molecule has 2 aliphatic rings. The molecule has 0 radical (unpaired) electrons. The number of hydrogen-bond donors (Lipinski definition) is 1. The van der Waals surface area contributed by atoms with E-state index in [0.717, 1.165) is 41.6 Å². The molecule has 2 aliphatic heterocycles. The Kier molecular flexibility index (Phi) is 3.53. The van der Waals surface area contributed by atoms with Crippen molar-refractivity contribution in [3.63, 3.8) is 0 Å². The summed E-state index contributed by atoms with van der Waals surface area (Å²) < 4.78 is 0. The van der Waals surface area contributed by atoms with Crippen LogP contribution in [0, 0.1) is 11.8 Å². The van der Waals surface area contributed by atoms with E-state index in [0.29, 0.717) is 11.3 Å². The van der Waals surface area contributed by atoms with E-state index in [4.69, 9.17) is 0 Å². The fraction of sp³-hybridized carbons (Fsp3) is 0.350. The molecular formula is C20H21N5O. The zero-order chi connectivity index (χ0) is 17.7. The lowest BCUT2D eigenvalue weighted by Crippen LogP contribution is -2.27. The quantitative estimate of drug-likeness (QED) is 0.768. The average molecular weight is 347 g/mol. The lowest BCUT2D eigenvalue weighted by molar-refractivity contribution is 0.387. The molecule has 1 N–H and O–H groups in total. The third-order valence-corrected chi connectivity index (χ3v) is 5.64. The Morgan fingerprint density at radius 2 is 1.81 bits per heavy atom. The van der Waals surface area contributed by atoms with Crippen molar-refractivity contribution in [1.29, 1.82) is 0 Å². The van der Waals surface area contributed by atoms with Gasteiger partial charge in [-0.15, -0.1) is 10.2 Å². The molecule has 4 heterocycles. The summed E-state index contributed by atoms with van der Waals surface area (Å²) in [7, 11) is 2.20. The highest BCUT2D eigenvalue weighted by Gasteiger charge is 2.39. The minimum Gasteiger partial charge on any atom is -0.507 e. The normalized spacial score (nSPS) is 22.9. The molecule has 1 aromatic carbocycles. The van der Waals surface area contributed by atoms with Crippen LogP contribution in [0.25, 0.3) is 22.2 Å². The third-order valence-electron chi connectivity index (χ3n) is 5.64. The van der Waals surface area contributed by atoms with Crippen LogP contribution in [0.4, 0.5) is 5.82 Å². The minimum absolute atomic E-state index is 0.178. The highest BCUT2D eigenvalue weighted by molar-refractivity contribution is 5.87. The summed E-state index contributed by atoms with van der Waals surface area (Å²) in [5, 5.41) is 20.2. The largest absolute Gasteiger partial charge is 0.507 e. The summed E-state index contributed by atoms with van der Waals surface area (Å²) in [5.41, 5.74) is 2.13.